The van der Waals surface area contributed by atoms with Crippen LogP contribution >= 0.6 is 22.9 Å². The maximum Gasteiger partial charge on any atom is 0.194 e. The van der Waals surface area contributed by atoms with Crippen molar-refractivity contribution in [3.63, 3.8) is 0 Å². The van der Waals surface area contributed by atoms with Gasteiger partial charge in [0, 0.05) is 11.8 Å². The highest BCUT2D eigenvalue weighted by atomic mass is 35.5. The predicted octanol–water partition coefficient (Wildman–Crippen LogP) is 3.82. The molecule has 3 N–H and O–H groups in total. The molecule has 4 heterocycles. The number of thiazole rings is 1. The Bertz CT molecular complexity index is 1750. The molecule has 2 aromatic carbocycles. The molecule has 0 radical (unpaired) electrons. The Hall–Kier alpha value is -3.40. The molecule has 41 heavy (non-hydrogen) atoms. The summed E-state index contributed by atoms with van der Waals surface area (Å²) < 4.78 is 50.5. The first-order valence-electron chi connectivity index (χ1n) is 12.4. The van der Waals surface area contributed by atoms with Crippen molar-refractivity contribution in [1.82, 2.24) is 29.5 Å². The summed E-state index contributed by atoms with van der Waals surface area (Å²) in [6.07, 6.45) is -2.73. The molecule has 10 nitrogen and oxygen atoms in total. The molecule has 5 aromatic rings. The Morgan fingerprint density at radius 1 is 1.05 bits per heavy atom. The first-order valence-corrected chi connectivity index (χ1v) is 13.6. The van der Waals surface area contributed by atoms with E-state index in [1.54, 1.807) is 19.1 Å². The van der Waals surface area contributed by atoms with E-state index in [1.165, 1.54) is 33.1 Å². The normalized spacial score (nSPS) is 23.0. The van der Waals surface area contributed by atoms with E-state index in [-0.39, 0.29) is 17.0 Å². The molecule has 214 valence electrons. The molecule has 0 amide bonds. The van der Waals surface area contributed by atoms with Crippen LogP contribution in [0.15, 0.2) is 36.7 Å². The van der Waals surface area contributed by atoms with Crippen LogP contribution in [-0.4, -0.2) is 69.8 Å². The van der Waals surface area contributed by atoms with Crippen LogP contribution in [0.1, 0.15) is 28.8 Å². The first kappa shape index (κ1) is 27.8. The number of benzene rings is 2. The standard InChI is InChI=1S/C26H22ClF3N6O4S/c1-10-32-26(36(34-10)17-4-3-16-25(19(17)27)41-11(2)33-16)24-23(39)21(22(38)18(9-37)40-24)35-8-13(7-31-35)12-5-14(28)20(30)15(29)6-12/h3-8,18,21-24,37-39H,9H2,1-2H3/t18?,21-,22-,23?,24+/m0/s1. The third kappa shape index (κ3) is 4.70. The molecule has 0 spiro atoms. The molecule has 0 bridgehead atoms. The van der Waals surface area contributed by atoms with Gasteiger partial charge >= 0.3 is 0 Å². The van der Waals surface area contributed by atoms with Gasteiger partial charge in [0.25, 0.3) is 0 Å². The lowest BCUT2D eigenvalue weighted by Crippen LogP contribution is -2.53. The third-order valence-electron chi connectivity index (χ3n) is 6.92. The molecule has 0 saturated carbocycles. The van der Waals surface area contributed by atoms with Gasteiger partial charge in [-0.2, -0.15) is 10.2 Å². The van der Waals surface area contributed by atoms with Crippen molar-refractivity contribution in [3.05, 3.63) is 75.8 Å². The van der Waals surface area contributed by atoms with Crippen molar-refractivity contribution >= 4 is 33.2 Å². The fourth-order valence-corrected chi connectivity index (χ4v) is 6.22. The number of ether oxygens (including phenoxy) is 1. The second-order valence-electron chi connectivity index (χ2n) is 9.62. The van der Waals surface area contributed by atoms with Crippen LogP contribution < -0.4 is 0 Å². The molecular weight excluding hydrogens is 585 g/mol. The molecular formula is C26H22ClF3N6O4S. The maximum atomic E-state index is 13.8. The number of hydrogen-bond acceptors (Lipinski definition) is 9. The molecule has 5 atom stereocenters. The van der Waals surface area contributed by atoms with Crippen LogP contribution in [0.25, 0.3) is 27.0 Å². The van der Waals surface area contributed by atoms with Crippen LogP contribution in [0.5, 0.6) is 0 Å². The molecule has 0 aliphatic carbocycles. The second-order valence-corrected chi connectivity index (χ2v) is 11.2. The predicted molar refractivity (Wildman–Crippen MR) is 142 cm³/mol. The minimum absolute atomic E-state index is 0.00217. The Morgan fingerprint density at radius 3 is 2.49 bits per heavy atom. The summed E-state index contributed by atoms with van der Waals surface area (Å²) in [7, 11) is 0. The van der Waals surface area contributed by atoms with E-state index in [2.05, 4.69) is 20.2 Å². The Morgan fingerprint density at radius 2 is 1.78 bits per heavy atom. The minimum Gasteiger partial charge on any atom is -0.394 e. The number of hydrogen-bond donors (Lipinski definition) is 3. The van der Waals surface area contributed by atoms with Crippen LogP contribution in [-0.2, 0) is 4.74 Å². The van der Waals surface area contributed by atoms with Crippen LogP contribution in [0.2, 0.25) is 5.02 Å². The zero-order chi connectivity index (χ0) is 29.2. The van der Waals surface area contributed by atoms with Crippen molar-refractivity contribution in [2.75, 3.05) is 6.61 Å². The van der Waals surface area contributed by atoms with Crippen molar-refractivity contribution in [1.29, 1.82) is 0 Å². The van der Waals surface area contributed by atoms with Gasteiger partial charge in [-0.1, -0.05) is 11.6 Å². The lowest BCUT2D eigenvalue weighted by molar-refractivity contribution is -0.210. The molecule has 6 rings (SSSR count). The van der Waals surface area contributed by atoms with Gasteiger partial charge in [0.15, 0.2) is 23.3 Å². The minimum atomic E-state index is -1.60. The lowest BCUT2D eigenvalue weighted by Gasteiger charge is -2.41. The third-order valence-corrected chi connectivity index (χ3v) is 8.42. The topological polar surface area (TPSA) is 131 Å². The molecule has 3 aromatic heterocycles. The Labute approximate surface area is 239 Å². The van der Waals surface area contributed by atoms with Crippen LogP contribution in [0.4, 0.5) is 13.2 Å². The van der Waals surface area contributed by atoms with E-state index >= 15 is 0 Å². The number of aliphatic hydroxyl groups is 3. The van der Waals surface area contributed by atoms with Gasteiger partial charge in [0.05, 0.1) is 38.7 Å². The number of aliphatic hydroxyl groups excluding tert-OH is 3. The number of halogens is 4. The highest BCUT2D eigenvalue weighted by Gasteiger charge is 2.48. The number of aryl methyl sites for hydroxylation is 2. The van der Waals surface area contributed by atoms with Gasteiger partial charge in [-0.15, -0.1) is 11.3 Å². The van der Waals surface area contributed by atoms with E-state index in [0.717, 1.165) is 21.8 Å². The maximum absolute atomic E-state index is 13.8. The molecule has 1 aliphatic heterocycles. The van der Waals surface area contributed by atoms with E-state index in [0.29, 0.717) is 22.1 Å². The monoisotopic (exact) mass is 606 g/mol. The van der Waals surface area contributed by atoms with Crippen molar-refractivity contribution < 1.29 is 33.2 Å². The van der Waals surface area contributed by atoms with E-state index in [4.69, 9.17) is 16.3 Å². The summed E-state index contributed by atoms with van der Waals surface area (Å²) in [6, 6.07) is 3.93. The number of rotatable bonds is 5. The quantitative estimate of drug-likeness (QED) is 0.257. The highest BCUT2D eigenvalue weighted by molar-refractivity contribution is 7.19. The van der Waals surface area contributed by atoms with E-state index < -0.39 is 54.5 Å². The first-order chi connectivity index (χ1) is 19.6. The molecule has 2 unspecified atom stereocenters. The van der Waals surface area contributed by atoms with Crippen molar-refractivity contribution in [3.8, 4) is 16.8 Å². The zero-order valence-corrected chi connectivity index (χ0v) is 23.0. The second kappa shape index (κ2) is 10.5. The van der Waals surface area contributed by atoms with Gasteiger partial charge < -0.3 is 20.1 Å². The summed E-state index contributed by atoms with van der Waals surface area (Å²) in [6.45, 7) is 2.90. The summed E-state index contributed by atoms with van der Waals surface area (Å²) in [5.41, 5.74) is 1.37. The summed E-state index contributed by atoms with van der Waals surface area (Å²) >= 11 is 8.16. The summed E-state index contributed by atoms with van der Waals surface area (Å²) in [4.78, 5) is 8.92. The molecule has 1 aliphatic rings. The largest absolute Gasteiger partial charge is 0.394 e. The van der Waals surface area contributed by atoms with Gasteiger partial charge in [-0.05, 0) is 43.7 Å². The highest BCUT2D eigenvalue weighted by Crippen LogP contribution is 2.40. The summed E-state index contributed by atoms with van der Waals surface area (Å²) in [5, 5.41) is 42.4. The summed E-state index contributed by atoms with van der Waals surface area (Å²) in [5.74, 6) is -3.85. The van der Waals surface area contributed by atoms with E-state index in [1.807, 2.05) is 6.92 Å². The number of nitrogens with zero attached hydrogens (tertiary/aromatic N) is 6. The van der Waals surface area contributed by atoms with Gasteiger partial charge in [-0.25, -0.2) is 27.8 Å². The van der Waals surface area contributed by atoms with E-state index in [9.17, 15) is 28.5 Å². The average Bonchev–Trinajstić information content (AvgIpc) is 3.66. The lowest BCUT2D eigenvalue weighted by atomic mass is 9.92. The molecule has 1 saturated heterocycles. The van der Waals surface area contributed by atoms with Gasteiger partial charge in [-0.3, -0.25) is 4.68 Å². The Balaban J connectivity index is 1.41. The average molecular weight is 607 g/mol. The zero-order valence-electron chi connectivity index (χ0n) is 21.4. The van der Waals surface area contributed by atoms with Crippen LogP contribution in [0.3, 0.4) is 0 Å². The fourth-order valence-electron chi connectivity index (χ4n) is 5.02. The molecule has 15 heteroatoms. The van der Waals surface area contributed by atoms with Gasteiger partial charge in [0.1, 0.15) is 36.3 Å². The van der Waals surface area contributed by atoms with Crippen molar-refractivity contribution in [2.45, 2.75) is 44.3 Å². The van der Waals surface area contributed by atoms with Crippen molar-refractivity contribution in [2.24, 2.45) is 0 Å². The smallest absolute Gasteiger partial charge is 0.194 e. The SMILES string of the molecule is Cc1nc([C@@H]2OC(CO)[C@H](O)[C@H](n3cc(-c4cc(F)c(F)c(F)c4)cn3)C2O)n(-c2ccc3nc(C)sc3c2Cl)n1. The Kier molecular flexibility index (Phi) is 7.08. The fraction of sp³-hybridized carbons (Fsp3) is 0.308. The number of aromatic nitrogens is 6. The van der Waals surface area contributed by atoms with Gasteiger partial charge in [0.2, 0.25) is 0 Å². The molecule has 1 fully saturated rings. The van der Waals surface area contributed by atoms with Crippen LogP contribution in [0, 0.1) is 31.3 Å². The number of fused-ring (bicyclic) bond motifs is 1.